The van der Waals surface area contributed by atoms with Gasteiger partial charge in [-0.2, -0.15) is 0 Å². The molecule has 5 rings (SSSR count). The van der Waals surface area contributed by atoms with Crippen LogP contribution >= 0.6 is 0 Å². The van der Waals surface area contributed by atoms with E-state index >= 15 is 0 Å². The minimum atomic E-state index is -0.197. The van der Waals surface area contributed by atoms with Gasteiger partial charge in [0.2, 0.25) is 0 Å². The molecular formula is C36H37N. The molecule has 1 aliphatic heterocycles. The van der Waals surface area contributed by atoms with Crippen molar-refractivity contribution in [2.24, 2.45) is 0 Å². The summed E-state index contributed by atoms with van der Waals surface area (Å²) in [5, 5.41) is 2.58. The second-order valence-electron chi connectivity index (χ2n) is 11.1. The zero-order valence-corrected chi connectivity index (χ0v) is 22.8. The smallest absolute Gasteiger partial charge is 0.0448 e. The SMILES string of the molecule is C=C(/C=C/C=C1/N(C)c2ccccc2C1(C)Cc1ccccc1)C(C)(C)c1c(C)ccc2ccccc12. The minimum Gasteiger partial charge on any atom is -0.347 e. The molecule has 0 saturated carbocycles. The van der Waals surface area contributed by atoms with E-state index in [1.54, 1.807) is 0 Å². The number of rotatable bonds is 6. The second-order valence-corrected chi connectivity index (χ2v) is 11.1. The highest BCUT2D eigenvalue weighted by Crippen LogP contribution is 2.49. The van der Waals surface area contributed by atoms with E-state index in [0.29, 0.717) is 0 Å². The molecule has 0 N–H and O–H groups in total. The standard InChI is InChI=1S/C36H37N/c1-26-23-24-29-18-10-11-19-30(29)34(26)35(3,4)27(2)15-14-22-33-36(5,25-28-16-8-7-9-17-28)31-20-12-13-21-32(31)37(33)6/h7-24H,2,25H2,1,3-6H3/b15-14+,33-22+. The first kappa shape index (κ1) is 24.8. The van der Waals surface area contributed by atoms with Gasteiger partial charge in [-0.25, -0.2) is 0 Å². The molecule has 0 bridgehead atoms. The predicted octanol–water partition coefficient (Wildman–Crippen LogP) is 9.07. The number of benzene rings is 4. The van der Waals surface area contributed by atoms with Gasteiger partial charge in [-0.15, -0.1) is 0 Å². The summed E-state index contributed by atoms with van der Waals surface area (Å²) in [5.74, 6) is 0. The lowest BCUT2D eigenvalue weighted by molar-refractivity contribution is 0.567. The molecular weight excluding hydrogens is 446 g/mol. The molecule has 0 spiro atoms. The summed E-state index contributed by atoms with van der Waals surface area (Å²) < 4.78 is 0. The Balaban J connectivity index is 1.50. The van der Waals surface area contributed by atoms with Crippen molar-refractivity contribution < 1.29 is 0 Å². The molecule has 1 atom stereocenters. The van der Waals surface area contributed by atoms with E-state index in [-0.39, 0.29) is 10.8 Å². The van der Waals surface area contributed by atoms with E-state index in [2.05, 4.69) is 155 Å². The number of nitrogens with zero attached hydrogens (tertiary/aromatic N) is 1. The van der Waals surface area contributed by atoms with Crippen LogP contribution in [0.5, 0.6) is 0 Å². The number of aryl methyl sites for hydroxylation is 1. The highest BCUT2D eigenvalue weighted by molar-refractivity contribution is 5.88. The lowest BCUT2D eigenvalue weighted by Gasteiger charge is -2.30. The van der Waals surface area contributed by atoms with Gasteiger partial charge in [0.25, 0.3) is 0 Å². The molecule has 4 aromatic rings. The Labute approximate surface area is 222 Å². The highest BCUT2D eigenvalue weighted by atomic mass is 15.2. The van der Waals surface area contributed by atoms with Crippen LogP contribution in [-0.2, 0) is 17.3 Å². The molecule has 1 nitrogen and oxygen atoms in total. The first-order chi connectivity index (χ1) is 17.7. The third-order valence-corrected chi connectivity index (χ3v) is 8.30. The molecule has 0 saturated heterocycles. The summed E-state index contributed by atoms with van der Waals surface area (Å²) >= 11 is 0. The van der Waals surface area contributed by atoms with Crippen LogP contribution in [0, 0.1) is 6.92 Å². The van der Waals surface area contributed by atoms with Gasteiger partial charge < -0.3 is 4.90 Å². The molecule has 37 heavy (non-hydrogen) atoms. The molecule has 1 heteroatoms. The lowest BCUT2D eigenvalue weighted by atomic mass is 9.74. The van der Waals surface area contributed by atoms with Crippen molar-refractivity contribution in [2.75, 3.05) is 11.9 Å². The Morgan fingerprint density at radius 3 is 2.35 bits per heavy atom. The Morgan fingerprint density at radius 2 is 1.57 bits per heavy atom. The zero-order valence-electron chi connectivity index (χ0n) is 22.8. The predicted molar refractivity (Wildman–Crippen MR) is 160 cm³/mol. The number of para-hydroxylation sites is 1. The fourth-order valence-corrected chi connectivity index (χ4v) is 6.19. The molecule has 1 unspecified atom stereocenters. The van der Waals surface area contributed by atoms with Gasteiger partial charge >= 0.3 is 0 Å². The van der Waals surface area contributed by atoms with Crippen molar-refractivity contribution in [3.63, 3.8) is 0 Å². The summed E-state index contributed by atoms with van der Waals surface area (Å²) in [6, 6.07) is 32.7. The molecule has 1 heterocycles. The van der Waals surface area contributed by atoms with Gasteiger partial charge in [-0.05, 0) is 71.0 Å². The summed E-state index contributed by atoms with van der Waals surface area (Å²) in [6.07, 6.45) is 7.65. The monoisotopic (exact) mass is 483 g/mol. The van der Waals surface area contributed by atoms with Crippen LogP contribution in [0.15, 0.2) is 127 Å². The number of anilines is 1. The first-order valence-electron chi connectivity index (χ1n) is 13.2. The fraction of sp³-hybridized carbons (Fsp3) is 0.222. The normalized spacial score (nSPS) is 18.6. The van der Waals surface area contributed by atoms with Crippen LogP contribution in [0.1, 0.15) is 43.0 Å². The van der Waals surface area contributed by atoms with Crippen molar-refractivity contribution in [3.8, 4) is 0 Å². The van der Waals surface area contributed by atoms with Crippen LogP contribution in [0.4, 0.5) is 5.69 Å². The number of fused-ring (bicyclic) bond motifs is 2. The van der Waals surface area contributed by atoms with Crippen LogP contribution < -0.4 is 4.90 Å². The average molecular weight is 484 g/mol. The second kappa shape index (κ2) is 9.56. The number of hydrogen-bond acceptors (Lipinski definition) is 1. The summed E-state index contributed by atoms with van der Waals surface area (Å²) in [6.45, 7) is 13.7. The number of likely N-dealkylation sites (N-methyl/N-ethyl adjacent to an activating group) is 1. The third-order valence-electron chi connectivity index (χ3n) is 8.30. The Bertz CT molecular complexity index is 1520. The number of allylic oxidation sites excluding steroid dienone is 5. The van der Waals surface area contributed by atoms with E-state index in [0.717, 1.165) is 12.0 Å². The molecule has 0 fully saturated rings. The Kier molecular flexibility index (Phi) is 6.42. The molecule has 186 valence electrons. The van der Waals surface area contributed by atoms with E-state index < -0.39 is 0 Å². The maximum atomic E-state index is 4.55. The van der Waals surface area contributed by atoms with Gasteiger partial charge in [0.1, 0.15) is 0 Å². The van der Waals surface area contributed by atoms with Crippen LogP contribution in [0.25, 0.3) is 10.8 Å². The molecule has 4 aromatic carbocycles. The minimum absolute atomic E-state index is 0.111. The summed E-state index contributed by atoms with van der Waals surface area (Å²) in [5.41, 5.74) is 8.77. The summed E-state index contributed by atoms with van der Waals surface area (Å²) in [4.78, 5) is 2.35. The molecule has 0 aromatic heterocycles. The van der Waals surface area contributed by atoms with Crippen molar-refractivity contribution in [1.29, 1.82) is 0 Å². The Morgan fingerprint density at radius 1 is 0.892 bits per heavy atom. The topological polar surface area (TPSA) is 3.24 Å². The summed E-state index contributed by atoms with van der Waals surface area (Å²) in [7, 11) is 2.19. The fourth-order valence-electron chi connectivity index (χ4n) is 6.19. The van der Waals surface area contributed by atoms with Gasteiger partial charge in [0.05, 0.1) is 0 Å². The number of hydrogen-bond donors (Lipinski definition) is 0. The van der Waals surface area contributed by atoms with Gasteiger partial charge in [0, 0.05) is 29.3 Å². The first-order valence-corrected chi connectivity index (χ1v) is 13.2. The van der Waals surface area contributed by atoms with E-state index in [1.807, 2.05) is 0 Å². The van der Waals surface area contributed by atoms with Crippen LogP contribution in [-0.4, -0.2) is 7.05 Å². The van der Waals surface area contributed by atoms with Gasteiger partial charge in [-0.1, -0.05) is 118 Å². The van der Waals surface area contributed by atoms with Crippen LogP contribution in [0.2, 0.25) is 0 Å². The van der Waals surface area contributed by atoms with Crippen LogP contribution in [0.3, 0.4) is 0 Å². The molecule has 0 amide bonds. The third kappa shape index (κ3) is 4.33. The quantitative estimate of drug-likeness (QED) is 0.247. The maximum absolute atomic E-state index is 4.55. The Hall–Kier alpha value is -3.84. The van der Waals surface area contributed by atoms with Crippen molar-refractivity contribution in [2.45, 2.75) is 44.9 Å². The zero-order chi connectivity index (χ0) is 26.2. The van der Waals surface area contributed by atoms with E-state index in [4.69, 9.17) is 0 Å². The van der Waals surface area contributed by atoms with Crippen molar-refractivity contribution in [3.05, 3.63) is 149 Å². The van der Waals surface area contributed by atoms with E-state index in [1.165, 1.54) is 44.4 Å². The highest BCUT2D eigenvalue weighted by Gasteiger charge is 2.41. The van der Waals surface area contributed by atoms with Gasteiger partial charge in [-0.3, -0.25) is 0 Å². The molecule has 1 aliphatic rings. The molecule has 0 aliphatic carbocycles. The van der Waals surface area contributed by atoms with E-state index in [9.17, 15) is 0 Å². The maximum Gasteiger partial charge on any atom is 0.0448 e. The largest absolute Gasteiger partial charge is 0.347 e. The van der Waals surface area contributed by atoms with Gasteiger partial charge in [0.15, 0.2) is 0 Å². The van der Waals surface area contributed by atoms with Crippen molar-refractivity contribution in [1.82, 2.24) is 0 Å². The average Bonchev–Trinajstić information content (AvgIpc) is 3.10. The molecule has 0 radical (unpaired) electrons. The van der Waals surface area contributed by atoms with Crippen molar-refractivity contribution >= 4 is 16.5 Å². The lowest BCUT2D eigenvalue weighted by Crippen LogP contribution is -2.28.